The van der Waals surface area contributed by atoms with Crippen molar-refractivity contribution in [2.24, 2.45) is 39.5 Å². The number of benzene rings is 1. The minimum atomic E-state index is -0.142. The van der Waals surface area contributed by atoms with E-state index in [2.05, 4.69) is 51.1 Å². The van der Waals surface area contributed by atoms with Crippen molar-refractivity contribution < 1.29 is 14.3 Å². The van der Waals surface area contributed by atoms with Gasteiger partial charge in [-0.25, -0.2) is 0 Å². The van der Waals surface area contributed by atoms with Crippen molar-refractivity contribution in [3.8, 4) is 0 Å². The SMILES string of the molecule is CC(=O)O[C@H]1CC[C@@]2(C)C(=CC[C@H]3[C@@H]4C[C@H]5CN=C(c6ccc(C)cc6)O[C@H]5[C@@]4(C)CC[C@@H]32)C1. The van der Waals surface area contributed by atoms with Crippen LogP contribution in [0.25, 0.3) is 0 Å². The van der Waals surface area contributed by atoms with E-state index < -0.39 is 0 Å². The van der Waals surface area contributed by atoms with Crippen LogP contribution in [0.5, 0.6) is 0 Å². The topological polar surface area (TPSA) is 47.9 Å². The Morgan fingerprint density at radius 2 is 1.91 bits per heavy atom. The van der Waals surface area contributed by atoms with Crippen LogP contribution in [0.4, 0.5) is 0 Å². The van der Waals surface area contributed by atoms with E-state index in [-0.39, 0.29) is 29.0 Å². The number of hydrogen-bond donors (Lipinski definition) is 0. The van der Waals surface area contributed by atoms with Gasteiger partial charge in [0.1, 0.15) is 12.2 Å². The van der Waals surface area contributed by atoms with Crippen LogP contribution in [0.15, 0.2) is 40.9 Å². The van der Waals surface area contributed by atoms with Crippen LogP contribution < -0.4 is 0 Å². The van der Waals surface area contributed by atoms with Gasteiger partial charge in [-0.15, -0.1) is 0 Å². The third-order valence-corrected chi connectivity index (χ3v) is 10.5. The Kier molecular flexibility index (Phi) is 5.24. The molecule has 1 aromatic carbocycles. The second kappa shape index (κ2) is 7.96. The fourth-order valence-corrected chi connectivity index (χ4v) is 8.71. The summed E-state index contributed by atoms with van der Waals surface area (Å²) in [4.78, 5) is 16.4. The molecule has 0 unspecified atom stereocenters. The number of rotatable bonds is 2. The maximum atomic E-state index is 11.5. The number of aliphatic imine (C=N–C) groups is 1. The van der Waals surface area contributed by atoms with Crippen LogP contribution in [0.3, 0.4) is 0 Å². The average Bonchev–Trinajstić information content (AvgIpc) is 3.11. The maximum Gasteiger partial charge on any atom is 0.302 e. The molecule has 6 rings (SSSR count). The predicted molar refractivity (Wildman–Crippen MR) is 134 cm³/mol. The number of aryl methyl sites for hydroxylation is 1. The normalized spacial score (nSPS) is 42.7. The molecule has 4 nitrogen and oxygen atoms in total. The molecular formula is C30H39NO3. The summed E-state index contributed by atoms with van der Waals surface area (Å²) < 4.78 is 12.4. The van der Waals surface area contributed by atoms with Crippen molar-refractivity contribution in [1.82, 2.24) is 0 Å². The van der Waals surface area contributed by atoms with E-state index >= 15 is 0 Å². The molecule has 0 radical (unpaired) electrons. The van der Waals surface area contributed by atoms with Crippen LogP contribution in [0, 0.1) is 41.4 Å². The van der Waals surface area contributed by atoms with E-state index in [4.69, 9.17) is 14.5 Å². The van der Waals surface area contributed by atoms with Gasteiger partial charge in [0.2, 0.25) is 5.90 Å². The fraction of sp³-hybridized carbons (Fsp3) is 0.667. The molecule has 1 heterocycles. The number of carbonyl (C=O) groups is 1. The van der Waals surface area contributed by atoms with Crippen LogP contribution >= 0.6 is 0 Å². The van der Waals surface area contributed by atoms with Crippen LogP contribution in [0.1, 0.15) is 76.8 Å². The van der Waals surface area contributed by atoms with Gasteiger partial charge < -0.3 is 9.47 Å². The minimum absolute atomic E-state index is 0.0716. The molecule has 0 saturated heterocycles. The molecule has 4 heteroatoms. The number of carbonyl (C=O) groups excluding carboxylic acids is 1. The third kappa shape index (κ3) is 3.38. The zero-order valence-corrected chi connectivity index (χ0v) is 21.2. The molecule has 5 aliphatic rings. The summed E-state index contributed by atoms with van der Waals surface area (Å²) in [6.45, 7) is 9.60. The monoisotopic (exact) mass is 461 g/mol. The van der Waals surface area contributed by atoms with Crippen molar-refractivity contribution in [3.63, 3.8) is 0 Å². The molecule has 0 amide bonds. The molecule has 4 aliphatic carbocycles. The smallest absolute Gasteiger partial charge is 0.302 e. The minimum Gasteiger partial charge on any atom is -0.473 e. The highest BCUT2D eigenvalue weighted by atomic mass is 16.5. The van der Waals surface area contributed by atoms with E-state index in [1.807, 2.05) is 0 Å². The Bertz CT molecular complexity index is 1040. The van der Waals surface area contributed by atoms with E-state index in [1.165, 1.54) is 38.2 Å². The van der Waals surface area contributed by atoms with Crippen molar-refractivity contribution in [3.05, 3.63) is 47.0 Å². The average molecular weight is 462 g/mol. The highest BCUT2D eigenvalue weighted by Crippen LogP contribution is 2.66. The molecule has 1 aromatic rings. The van der Waals surface area contributed by atoms with Crippen molar-refractivity contribution in [2.45, 2.75) is 84.8 Å². The predicted octanol–water partition coefficient (Wildman–Crippen LogP) is 6.26. The molecule has 3 fully saturated rings. The Labute approximate surface area is 204 Å². The summed E-state index contributed by atoms with van der Waals surface area (Å²) in [5.74, 6) is 3.43. The molecular weight excluding hydrogens is 422 g/mol. The lowest BCUT2D eigenvalue weighted by molar-refractivity contribution is -0.148. The first-order chi connectivity index (χ1) is 16.3. The van der Waals surface area contributed by atoms with Gasteiger partial charge in [0.15, 0.2) is 0 Å². The second-order valence-corrected chi connectivity index (χ2v) is 12.3. The van der Waals surface area contributed by atoms with Crippen molar-refractivity contribution >= 4 is 11.9 Å². The molecule has 34 heavy (non-hydrogen) atoms. The number of nitrogens with zero attached hydrogens (tertiary/aromatic N) is 1. The fourth-order valence-electron chi connectivity index (χ4n) is 8.71. The summed E-state index contributed by atoms with van der Waals surface area (Å²) in [6, 6.07) is 8.61. The molecule has 3 saturated carbocycles. The second-order valence-electron chi connectivity index (χ2n) is 12.3. The van der Waals surface area contributed by atoms with Gasteiger partial charge in [-0.1, -0.05) is 43.2 Å². The van der Waals surface area contributed by atoms with E-state index in [0.29, 0.717) is 11.8 Å². The molecule has 0 bridgehead atoms. The number of ether oxygens (including phenoxy) is 2. The Morgan fingerprint density at radius 3 is 2.68 bits per heavy atom. The lowest BCUT2D eigenvalue weighted by Gasteiger charge is -2.57. The zero-order valence-electron chi connectivity index (χ0n) is 21.2. The first-order valence-corrected chi connectivity index (χ1v) is 13.4. The van der Waals surface area contributed by atoms with Gasteiger partial charge in [-0.05, 0) is 80.8 Å². The summed E-state index contributed by atoms with van der Waals surface area (Å²) in [7, 11) is 0. The summed E-state index contributed by atoms with van der Waals surface area (Å²) >= 11 is 0. The van der Waals surface area contributed by atoms with Crippen LogP contribution in [0.2, 0.25) is 0 Å². The summed E-state index contributed by atoms with van der Waals surface area (Å²) in [5.41, 5.74) is 4.44. The Balaban J connectivity index is 1.23. The van der Waals surface area contributed by atoms with Crippen LogP contribution in [-0.4, -0.2) is 30.6 Å². The van der Waals surface area contributed by atoms with Crippen molar-refractivity contribution in [2.75, 3.05) is 6.54 Å². The Hall–Kier alpha value is -2.10. The third-order valence-electron chi connectivity index (χ3n) is 10.5. The van der Waals surface area contributed by atoms with E-state index in [1.54, 1.807) is 5.57 Å². The first-order valence-electron chi connectivity index (χ1n) is 13.4. The molecule has 8 atom stereocenters. The van der Waals surface area contributed by atoms with E-state index in [9.17, 15) is 4.79 Å². The largest absolute Gasteiger partial charge is 0.473 e. The standard InChI is InChI=1S/C30H39NO3/c1-18-5-7-20(8-6-18)28-31-17-21-15-26-24-10-9-22-16-23(33-19(2)32)11-13-29(22,3)25(24)12-14-30(26,4)27(21)34-28/h5-9,21,23-27H,10-17H2,1-4H3/t21-,23-,24+,25-,26-,27+,29-,30-/m0/s1. The number of allylic oxidation sites excluding steroid dienone is 1. The van der Waals surface area contributed by atoms with Gasteiger partial charge >= 0.3 is 5.97 Å². The van der Waals surface area contributed by atoms with Gasteiger partial charge in [-0.3, -0.25) is 9.79 Å². The highest BCUT2D eigenvalue weighted by Gasteiger charge is 2.62. The molecule has 0 N–H and O–H groups in total. The lowest BCUT2D eigenvalue weighted by Crippen LogP contribution is -2.52. The quantitative estimate of drug-likeness (QED) is 0.386. The lowest BCUT2D eigenvalue weighted by atomic mass is 9.48. The summed E-state index contributed by atoms with van der Waals surface area (Å²) in [6.07, 6.45) is 10.9. The molecule has 0 aromatic heterocycles. The van der Waals surface area contributed by atoms with Gasteiger partial charge in [-0.2, -0.15) is 0 Å². The number of fused-ring (bicyclic) bond motifs is 7. The van der Waals surface area contributed by atoms with Gasteiger partial charge in [0.05, 0.1) is 0 Å². The van der Waals surface area contributed by atoms with Gasteiger partial charge in [0.25, 0.3) is 0 Å². The van der Waals surface area contributed by atoms with Crippen molar-refractivity contribution in [1.29, 1.82) is 0 Å². The zero-order chi connectivity index (χ0) is 23.7. The first kappa shape index (κ1) is 22.4. The highest BCUT2D eigenvalue weighted by molar-refractivity contribution is 5.94. The molecule has 0 spiro atoms. The van der Waals surface area contributed by atoms with Crippen LogP contribution in [-0.2, 0) is 14.3 Å². The number of hydrogen-bond acceptors (Lipinski definition) is 4. The maximum absolute atomic E-state index is 11.5. The van der Waals surface area contributed by atoms with Gasteiger partial charge in [0, 0.05) is 36.8 Å². The molecule has 182 valence electrons. The Morgan fingerprint density at radius 1 is 1.12 bits per heavy atom. The number of esters is 1. The summed E-state index contributed by atoms with van der Waals surface area (Å²) in [5, 5.41) is 0. The van der Waals surface area contributed by atoms with E-state index in [0.717, 1.165) is 49.1 Å². The molecule has 1 aliphatic heterocycles.